The van der Waals surface area contributed by atoms with Gasteiger partial charge in [-0.25, -0.2) is 0 Å². The van der Waals surface area contributed by atoms with Crippen molar-refractivity contribution in [3.8, 4) is 0 Å². The van der Waals surface area contributed by atoms with Gasteiger partial charge in [0.05, 0.1) is 0 Å². The van der Waals surface area contributed by atoms with Crippen LogP contribution in [0.4, 0.5) is 0 Å². The first-order valence-electron chi connectivity index (χ1n) is 0.667. The van der Waals surface area contributed by atoms with Gasteiger partial charge in [-0.1, -0.05) is 0 Å². The van der Waals surface area contributed by atoms with Crippen LogP contribution < -0.4 is 0 Å². The van der Waals surface area contributed by atoms with Gasteiger partial charge in [-0.2, -0.15) is 0 Å². The summed E-state index contributed by atoms with van der Waals surface area (Å²) in [7, 11) is -5.17. The summed E-state index contributed by atoms with van der Waals surface area (Å²) >= 11 is 0. The fourth-order valence-corrected chi connectivity index (χ4v) is 0. The quantitative estimate of drug-likeness (QED) is 0.257. The molecule has 0 aromatic rings. The summed E-state index contributed by atoms with van der Waals surface area (Å²) in [5.74, 6) is 0. The fourth-order valence-electron chi connectivity index (χ4n) is 0. The molecule has 8 heavy (non-hydrogen) atoms. The fraction of sp³-hybridized carbons (Fsp3) is 0. The van der Waals surface area contributed by atoms with Crippen molar-refractivity contribution in [2.75, 3.05) is 0 Å². The number of hydrogen-bond acceptors (Lipinski definition) is 4. The standard InChI is InChI=1S/Ba.Hf.H2O4S.O/c;;1-5(2,3)4;/h;;(H2,1,2,3,4);/q+2;+4;;-2/p-2. The van der Waals surface area contributed by atoms with Gasteiger partial charge in [-0.3, -0.25) is 8.42 Å². The van der Waals surface area contributed by atoms with Gasteiger partial charge >= 0.3 is 74.7 Å². The third kappa shape index (κ3) is 84.8. The van der Waals surface area contributed by atoms with E-state index in [0.717, 1.165) is 0 Å². The molecule has 0 fully saturated rings. The van der Waals surface area contributed by atoms with Crippen molar-refractivity contribution >= 4 is 59.3 Å². The summed E-state index contributed by atoms with van der Waals surface area (Å²) < 4.78 is 34.1. The molecule has 0 saturated heterocycles. The van der Waals surface area contributed by atoms with Gasteiger partial charge in [0.1, 0.15) is 0 Å². The van der Waals surface area contributed by atoms with E-state index in [1.807, 2.05) is 0 Å². The second-order valence-corrected chi connectivity index (χ2v) is 1.22. The van der Waals surface area contributed by atoms with Crippen LogP contribution in [-0.2, 0) is 41.7 Å². The summed E-state index contributed by atoms with van der Waals surface area (Å²) in [6, 6.07) is 0. The minimum Gasteiger partial charge on any atom is -2.00 e. The minimum atomic E-state index is -5.17. The van der Waals surface area contributed by atoms with Gasteiger partial charge in [-0.15, -0.1) is 0 Å². The molecule has 0 bridgehead atoms. The second kappa shape index (κ2) is 9.27. The van der Waals surface area contributed by atoms with E-state index < -0.39 is 10.4 Å². The van der Waals surface area contributed by atoms with Crippen LogP contribution >= 0.6 is 0 Å². The normalized spacial score (nSPS) is 7.25. The summed E-state index contributed by atoms with van der Waals surface area (Å²) in [6.45, 7) is 0. The van der Waals surface area contributed by atoms with Gasteiger partial charge in [0.15, 0.2) is 0 Å². The largest absolute Gasteiger partial charge is 4.00 e. The maximum Gasteiger partial charge on any atom is 4.00 e. The van der Waals surface area contributed by atoms with Crippen LogP contribution in [0.25, 0.3) is 0 Å². The molecule has 0 unspecified atom stereocenters. The molecule has 0 saturated carbocycles. The Labute approximate surface area is 106 Å². The van der Waals surface area contributed by atoms with Gasteiger partial charge in [-0.05, 0) is 0 Å². The van der Waals surface area contributed by atoms with Gasteiger partial charge < -0.3 is 14.6 Å². The third-order valence-electron chi connectivity index (χ3n) is 0. The molecular weight excluding hydrogens is 428 g/mol. The zero-order valence-electron chi connectivity index (χ0n) is 3.66. The molecule has 0 radical (unpaired) electrons. The Hall–Kier alpha value is 2.27. The maximum absolute atomic E-state index is 8.52. The van der Waals surface area contributed by atoms with Crippen LogP contribution in [-0.4, -0.2) is 66.4 Å². The topological polar surface area (TPSA) is 109 Å². The van der Waals surface area contributed by atoms with Crippen molar-refractivity contribution < 1.29 is 48.8 Å². The molecule has 0 spiro atoms. The molecule has 0 atom stereocenters. The molecular formula is BaHfO5S+2. The first kappa shape index (κ1) is 22.4. The SMILES string of the molecule is O=S(=O)([O-])[O-].[Ba+2].[Hf+4].[O-2]. The van der Waals surface area contributed by atoms with E-state index in [2.05, 4.69) is 0 Å². The van der Waals surface area contributed by atoms with Crippen LogP contribution in [0, 0.1) is 0 Å². The molecule has 0 rings (SSSR count). The Kier molecular flexibility index (Phi) is 26.0. The number of rotatable bonds is 0. The predicted octanol–water partition coefficient (Wildman–Crippen LogP) is -1.84. The predicted molar refractivity (Wildman–Crippen MR) is 16.9 cm³/mol. The van der Waals surface area contributed by atoms with Crippen molar-refractivity contribution in [2.24, 2.45) is 0 Å². The Balaban J connectivity index is -0.0000000267. The molecule has 0 amide bonds. The average Bonchev–Trinajstić information content (AvgIpc) is 0.722. The van der Waals surface area contributed by atoms with Crippen LogP contribution in [0.1, 0.15) is 0 Å². The van der Waals surface area contributed by atoms with Crippen molar-refractivity contribution in [1.82, 2.24) is 0 Å². The Bertz CT molecular complexity index is 95.6. The molecule has 5 nitrogen and oxygen atoms in total. The molecule has 0 aliphatic carbocycles. The summed E-state index contributed by atoms with van der Waals surface area (Å²) in [6.07, 6.45) is 0. The van der Waals surface area contributed by atoms with Gasteiger partial charge in [0, 0.05) is 10.4 Å². The van der Waals surface area contributed by atoms with E-state index in [1.165, 1.54) is 0 Å². The Morgan fingerprint density at radius 3 is 1.12 bits per heavy atom. The molecule has 0 N–H and O–H groups in total. The first-order chi connectivity index (χ1) is 2.00. The zero-order valence-corrected chi connectivity index (χ0v) is 12.5. The van der Waals surface area contributed by atoms with E-state index in [0.29, 0.717) is 0 Å². The van der Waals surface area contributed by atoms with E-state index in [-0.39, 0.29) is 80.2 Å². The van der Waals surface area contributed by atoms with Gasteiger partial charge in [0.25, 0.3) is 0 Å². The second-order valence-electron chi connectivity index (χ2n) is 0.408. The van der Waals surface area contributed by atoms with Crippen LogP contribution in [0.15, 0.2) is 0 Å². The summed E-state index contributed by atoms with van der Waals surface area (Å²) in [5, 5.41) is 0. The first-order valence-corrected chi connectivity index (χ1v) is 2.00. The number of hydrogen-bond donors (Lipinski definition) is 0. The van der Waals surface area contributed by atoms with Gasteiger partial charge in [0.2, 0.25) is 0 Å². The Morgan fingerprint density at radius 1 is 1.12 bits per heavy atom. The Morgan fingerprint density at radius 2 is 1.12 bits per heavy atom. The van der Waals surface area contributed by atoms with E-state index in [4.69, 9.17) is 17.5 Å². The van der Waals surface area contributed by atoms with Crippen molar-refractivity contribution in [3.05, 3.63) is 0 Å². The minimum absolute atomic E-state index is 0. The summed E-state index contributed by atoms with van der Waals surface area (Å²) in [4.78, 5) is 0. The van der Waals surface area contributed by atoms with Crippen molar-refractivity contribution in [3.63, 3.8) is 0 Å². The van der Waals surface area contributed by atoms with Crippen LogP contribution in [0.3, 0.4) is 0 Å². The zero-order chi connectivity index (χ0) is 4.50. The third-order valence-corrected chi connectivity index (χ3v) is 0. The molecule has 0 aliphatic heterocycles. The molecule has 0 aromatic carbocycles. The molecule has 0 aromatic heterocycles. The summed E-state index contributed by atoms with van der Waals surface area (Å²) in [5.41, 5.74) is 0. The monoisotopic (exact) mass is 430 g/mol. The van der Waals surface area contributed by atoms with Crippen LogP contribution in [0.2, 0.25) is 0 Å². The van der Waals surface area contributed by atoms with E-state index in [9.17, 15) is 0 Å². The van der Waals surface area contributed by atoms with Crippen molar-refractivity contribution in [2.45, 2.75) is 0 Å². The maximum atomic E-state index is 8.52. The molecule has 0 aliphatic rings. The van der Waals surface area contributed by atoms with Crippen molar-refractivity contribution in [1.29, 1.82) is 0 Å². The smallest absolute Gasteiger partial charge is 2.00 e. The molecule has 40 valence electrons. The molecule has 0 heterocycles. The van der Waals surface area contributed by atoms with E-state index in [1.54, 1.807) is 0 Å². The molecule has 8 heteroatoms. The van der Waals surface area contributed by atoms with E-state index >= 15 is 0 Å². The van der Waals surface area contributed by atoms with Crippen LogP contribution in [0.5, 0.6) is 0 Å². The average molecular weight is 428 g/mol.